The monoisotopic (exact) mass is 245 g/mol. The number of nitrogens with one attached hydrogen (secondary N) is 1. The van der Waals surface area contributed by atoms with Gasteiger partial charge in [0.1, 0.15) is 12.4 Å². The van der Waals surface area contributed by atoms with Gasteiger partial charge in [0.2, 0.25) is 0 Å². The van der Waals surface area contributed by atoms with Gasteiger partial charge in [-0.15, -0.1) is 0 Å². The highest BCUT2D eigenvalue weighted by Gasteiger charge is 2.07. The van der Waals surface area contributed by atoms with Crippen molar-refractivity contribution < 1.29 is 13.9 Å². The summed E-state index contributed by atoms with van der Waals surface area (Å²) in [5, 5.41) is 3.10. The van der Waals surface area contributed by atoms with E-state index in [4.69, 9.17) is 16.3 Å². The van der Waals surface area contributed by atoms with Gasteiger partial charge in [0.25, 0.3) is 0 Å². The van der Waals surface area contributed by atoms with E-state index in [9.17, 15) is 9.18 Å². The zero-order valence-electron chi connectivity index (χ0n) is 9.14. The normalized spacial score (nSPS) is 10.0. The summed E-state index contributed by atoms with van der Waals surface area (Å²) in [4.78, 5) is 11.1. The van der Waals surface area contributed by atoms with E-state index in [2.05, 4.69) is 5.32 Å². The van der Waals surface area contributed by atoms with Gasteiger partial charge in [0.05, 0.1) is 17.3 Å². The Kier molecular flexibility index (Phi) is 4.55. The number of rotatable bonds is 4. The van der Waals surface area contributed by atoms with Crippen LogP contribution in [-0.2, 0) is 9.53 Å². The molecule has 5 heteroatoms. The van der Waals surface area contributed by atoms with Crippen LogP contribution in [-0.4, -0.2) is 19.1 Å². The smallest absolute Gasteiger partial charge is 0.325 e. The number of carbonyl (C=O) groups is 1. The summed E-state index contributed by atoms with van der Waals surface area (Å²) in [5.41, 5.74) is 0.851. The van der Waals surface area contributed by atoms with Crippen LogP contribution in [0.4, 0.5) is 10.1 Å². The highest BCUT2D eigenvalue weighted by molar-refractivity contribution is 6.33. The lowest BCUT2D eigenvalue weighted by Gasteiger charge is -2.09. The topological polar surface area (TPSA) is 38.3 Å². The summed E-state index contributed by atoms with van der Waals surface area (Å²) in [6, 6.07) is 2.77. The quantitative estimate of drug-likeness (QED) is 0.829. The van der Waals surface area contributed by atoms with Gasteiger partial charge in [-0.05, 0) is 31.5 Å². The molecule has 1 aromatic carbocycles. The zero-order valence-corrected chi connectivity index (χ0v) is 9.90. The summed E-state index contributed by atoms with van der Waals surface area (Å²) >= 11 is 5.88. The van der Waals surface area contributed by atoms with Gasteiger partial charge < -0.3 is 10.1 Å². The Morgan fingerprint density at radius 2 is 2.25 bits per heavy atom. The highest BCUT2D eigenvalue weighted by atomic mass is 35.5. The first-order valence-electron chi connectivity index (χ1n) is 4.89. The predicted octanol–water partition coefficient (Wildman–Crippen LogP) is 2.76. The summed E-state index contributed by atoms with van der Waals surface area (Å²) in [7, 11) is 0. The molecule has 0 atom stereocenters. The van der Waals surface area contributed by atoms with E-state index in [1.807, 2.05) is 0 Å². The molecule has 1 N–H and O–H groups in total. The van der Waals surface area contributed by atoms with E-state index in [1.54, 1.807) is 13.8 Å². The first-order valence-corrected chi connectivity index (χ1v) is 5.27. The molecule has 0 aromatic heterocycles. The fourth-order valence-corrected chi connectivity index (χ4v) is 1.45. The van der Waals surface area contributed by atoms with Gasteiger partial charge >= 0.3 is 5.97 Å². The van der Waals surface area contributed by atoms with Gasteiger partial charge in [-0.3, -0.25) is 4.79 Å². The van der Waals surface area contributed by atoms with Crippen molar-refractivity contribution in [2.45, 2.75) is 13.8 Å². The third-order valence-electron chi connectivity index (χ3n) is 1.98. The molecule has 0 aliphatic rings. The lowest BCUT2D eigenvalue weighted by molar-refractivity contribution is -0.140. The maximum Gasteiger partial charge on any atom is 0.325 e. The van der Waals surface area contributed by atoms with Gasteiger partial charge in [0, 0.05) is 0 Å². The number of aryl methyl sites for hydroxylation is 1. The maximum atomic E-state index is 13.2. The van der Waals surface area contributed by atoms with Crippen LogP contribution in [0, 0.1) is 12.7 Å². The van der Waals surface area contributed by atoms with Crippen molar-refractivity contribution >= 4 is 23.3 Å². The molecule has 88 valence electrons. The van der Waals surface area contributed by atoms with Crippen molar-refractivity contribution in [1.29, 1.82) is 0 Å². The molecule has 0 spiro atoms. The second kappa shape index (κ2) is 5.70. The number of anilines is 1. The summed E-state index contributed by atoms with van der Waals surface area (Å²) in [6.07, 6.45) is 0. The minimum atomic E-state index is -0.403. The van der Waals surface area contributed by atoms with Crippen molar-refractivity contribution in [3.05, 3.63) is 28.5 Å². The SMILES string of the molecule is CCOC(=O)CNc1cc(F)c(C)cc1Cl. The van der Waals surface area contributed by atoms with E-state index in [-0.39, 0.29) is 12.4 Å². The largest absolute Gasteiger partial charge is 0.465 e. The van der Waals surface area contributed by atoms with Crippen molar-refractivity contribution in [1.82, 2.24) is 0 Å². The Morgan fingerprint density at radius 3 is 2.88 bits per heavy atom. The molecular formula is C11H13ClFNO2. The van der Waals surface area contributed by atoms with Crippen LogP contribution >= 0.6 is 11.6 Å². The molecule has 0 radical (unpaired) electrons. The second-order valence-corrected chi connectivity index (χ2v) is 3.65. The van der Waals surface area contributed by atoms with Crippen LogP contribution < -0.4 is 5.32 Å². The number of hydrogen-bond donors (Lipinski definition) is 1. The summed E-state index contributed by atoms with van der Waals surface area (Å²) in [6.45, 7) is 3.62. The molecule has 0 bridgehead atoms. The molecular weight excluding hydrogens is 233 g/mol. The van der Waals surface area contributed by atoms with Gasteiger partial charge in [-0.1, -0.05) is 11.6 Å². The Labute approximate surface area is 98.5 Å². The Balaban J connectivity index is 2.67. The summed E-state index contributed by atoms with van der Waals surface area (Å²) < 4.78 is 17.9. The van der Waals surface area contributed by atoms with Gasteiger partial charge in [0.15, 0.2) is 0 Å². The van der Waals surface area contributed by atoms with Gasteiger partial charge in [-0.2, -0.15) is 0 Å². The minimum absolute atomic E-state index is 0.0317. The van der Waals surface area contributed by atoms with E-state index in [0.717, 1.165) is 0 Å². The Bertz CT molecular complexity index is 396. The van der Waals surface area contributed by atoms with Gasteiger partial charge in [-0.25, -0.2) is 4.39 Å². The van der Waals surface area contributed by atoms with Crippen LogP contribution in [0.2, 0.25) is 5.02 Å². The third kappa shape index (κ3) is 3.38. The van der Waals surface area contributed by atoms with E-state index < -0.39 is 5.97 Å². The molecule has 0 aliphatic carbocycles. The number of carbonyl (C=O) groups excluding carboxylic acids is 1. The molecule has 0 amide bonds. The fourth-order valence-electron chi connectivity index (χ4n) is 1.16. The average molecular weight is 246 g/mol. The van der Waals surface area contributed by atoms with Crippen molar-refractivity contribution in [3.63, 3.8) is 0 Å². The van der Waals surface area contributed by atoms with Crippen molar-refractivity contribution in [3.8, 4) is 0 Å². The highest BCUT2D eigenvalue weighted by Crippen LogP contribution is 2.24. The first-order chi connectivity index (χ1) is 7.54. The second-order valence-electron chi connectivity index (χ2n) is 3.24. The molecule has 1 aromatic rings. The van der Waals surface area contributed by atoms with Crippen LogP contribution in [0.25, 0.3) is 0 Å². The maximum absolute atomic E-state index is 13.2. The van der Waals surface area contributed by atoms with Crippen molar-refractivity contribution in [2.24, 2.45) is 0 Å². The van der Waals surface area contributed by atoms with Crippen molar-refractivity contribution in [2.75, 3.05) is 18.5 Å². The number of hydrogen-bond acceptors (Lipinski definition) is 3. The average Bonchev–Trinajstić information content (AvgIpc) is 2.22. The molecule has 16 heavy (non-hydrogen) atoms. The molecule has 0 saturated heterocycles. The third-order valence-corrected chi connectivity index (χ3v) is 2.29. The molecule has 0 aliphatic heterocycles. The van der Waals surface area contributed by atoms with Crippen LogP contribution in [0.15, 0.2) is 12.1 Å². The molecule has 0 heterocycles. The lowest BCUT2D eigenvalue weighted by Crippen LogP contribution is -2.17. The zero-order chi connectivity index (χ0) is 12.1. The predicted molar refractivity (Wildman–Crippen MR) is 61.3 cm³/mol. The minimum Gasteiger partial charge on any atom is -0.465 e. The van der Waals surface area contributed by atoms with E-state index >= 15 is 0 Å². The van der Waals surface area contributed by atoms with Crippen LogP contribution in [0.5, 0.6) is 0 Å². The number of esters is 1. The molecule has 0 unspecified atom stereocenters. The Hall–Kier alpha value is -1.29. The standard InChI is InChI=1S/C11H13ClFNO2/c1-3-16-11(15)6-14-10-5-9(13)7(2)4-8(10)12/h4-5,14H,3,6H2,1-2H3. The fraction of sp³-hybridized carbons (Fsp3) is 0.364. The molecule has 0 fully saturated rings. The van der Waals surface area contributed by atoms with E-state index in [1.165, 1.54) is 12.1 Å². The first kappa shape index (κ1) is 12.8. The molecule has 3 nitrogen and oxygen atoms in total. The number of benzene rings is 1. The van der Waals surface area contributed by atoms with Crippen LogP contribution in [0.1, 0.15) is 12.5 Å². The molecule has 1 rings (SSSR count). The lowest BCUT2D eigenvalue weighted by atomic mass is 10.2. The van der Waals surface area contributed by atoms with Crippen LogP contribution in [0.3, 0.4) is 0 Å². The van der Waals surface area contributed by atoms with E-state index in [0.29, 0.717) is 22.9 Å². The number of halogens is 2. The summed E-state index contributed by atoms with van der Waals surface area (Å²) in [5.74, 6) is -0.768. The Morgan fingerprint density at radius 1 is 1.56 bits per heavy atom. The molecule has 0 saturated carbocycles. The number of ether oxygens (including phenoxy) is 1.